The summed E-state index contributed by atoms with van der Waals surface area (Å²) in [6.07, 6.45) is 2.16. The van der Waals surface area contributed by atoms with Crippen LogP contribution >= 0.6 is 0 Å². The Hall–Kier alpha value is -3.02. The lowest BCUT2D eigenvalue weighted by Crippen LogP contribution is -2.15. The maximum absolute atomic E-state index is 11.4. The van der Waals surface area contributed by atoms with E-state index in [2.05, 4.69) is 5.32 Å². The topological polar surface area (TPSA) is 95.9 Å². The lowest BCUT2D eigenvalue weighted by atomic mass is 10.1. The van der Waals surface area contributed by atoms with Crippen LogP contribution in [-0.4, -0.2) is 22.1 Å². The van der Waals surface area contributed by atoms with E-state index in [1.54, 1.807) is 36.4 Å². The Morgan fingerprint density at radius 3 is 2.18 bits per heavy atom. The monoisotopic (exact) mass is 387 g/mol. The van der Waals surface area contributed by atoms with Gasteiger partial charge in [-0.1, -0.05) is 27.7 Å². The van der Waals surface area contributed by atoms with Crippen molar-refractivity contribution in [3.8, 4) is 17.2 Å². The van der Waals surface area contributed by atoms with Crippen molar-refractivity contribution in [2.24, 2.45) is 0 Å². The summed E-state index contributed by atoms with van der Waals surface area (Å²) in [5.41, 5.74) is 2.49. The van der Waals surface area contributed by atoms with Gasteiger partial charge in [-0.05, 0) is 55.7 Å². The number of carboxylic acids is 1. The average molecular weight is 387 g/mol. The molecule has 0 saturated carbocycles. The second-order valence-corrected chi connectivity index (χ2v) is 5.64. The Morgan fingerprint density at radius 2 is 1.57 bits per heavy atom. The van der Waals surface area contributed by atoms with Gasteiger partial charge in [0.15, 0.2) is 0 Å². The summed E-state index contributed by atoms with van der Waals surface area (Å²) in [5.74, 6) is -0.110. The number of carbonyl (C=O) groups excluding carboxylic acids is 1. The molecule has 28 heavy (non-hydrogen) atoms. The van der Waals surface area contributed by atoms with Gasteiger partial charge in [-0.15, -0.1) is 0 Å². The first kappa shape index (κ1) is 23.0. The Balaban J connectivity index is 0.000000921. The summed E-state index contributed by atoms with van der Waals surface area (Å²) >= 11 is 0. The molecular weight excluding hydrogens is 358 g/mol. The lowest BCUT2D eigenvalue weighted by Gasteiger charge is -2.12. The Kier molecular flexibility index (Phi) is 9.57. The minimum absolute atomic E-state index is 0.311. The van der Waals surface area contributed by atoms with E-state index in [0.717, 1.165) is 36.1 Å². The lowest BCUT2D eigenvalue weighted by molar-refractivity contribution is -0.139. The molecule has 2 aromatic carbocycles. The van der Waals surface area contributed by atoms with Crippen molar-refractivity contribution in [1.82, 2.24) is 0 Å². The number of phenolic OH excluding ortho intramolecular Hbond substituents is 1. The largest absolute Gasteiger partial charge is 0.508 e. The minimum Gasteiger partial charge on any atom is -0.508 e. The number of carboxylic acid groups (broad SMARTS) is 1. The fourth-order valence-electron chi connectivity index (χ4n) is 2.83. The fourth-order valence-corrected chi connectivity index (χ4v) is 2.83. The molecule has 1 amide bonds. The number of aromatic hydroxyl groups is 1. The van der Waals surface area contributed by atoms with E-state index in [9.17, 15) is 14.7 Å². The molecule has 0 bridgehead atoms. The average Bonchev–Trinajstić information content (AvgIpc) is 3.19. The molecule has 3 N–H and O–H groups in total. The smallest absolute Gasteiger partial charge is 0.312 e. The van der Waals surface area contributed by atoms with E-state index in [1.807, 2.05) is 27.7 Å². The van der Waals surface area contributed by atoms with E-state index in [4.69, 9.17) is 9.84 Å². The van der Waals surface area contributed by atoms with Gasteiger partial charge in [0.1, 0.15) is 23.7 Å². The van der Waals surface area contributed by atoms with Gasteiger partial charge in [0.05, 0.1) is 0 Å². The van der Waals surface area contributed by atoms with Gasteiger partial charge in [-0.25, -0.2) is 0 Å². The number of fused-ring (bicyclic) bond motifs is 1. The van der Waals surface area contributed by atoms with Gasteiger partial charge >= 0.3 is 5.97 Å². The molecule has 2 aromatic rings. The standard InChI is InChI=1S/C18H17NO5.2C2H6/c20-15-8-9-16(14-3-1-2-13(14)15)24-12-6-4-11(5-7-12)19-17(21)10-18(22)23;2*1-2/h4-9,20H,1-3,10H2,(H,19,21)(H,22,23);2*1-2H3. The molecule has 0 atom stereocenters. The molecule has 152 valence electrons. The van der Waals surface area contributed by atoms with Gasteiger partial charge in [-0.2, -0.15) is 0 Å². The van der Waals surface area contributed by atoms with E-state index in [-0.39, 0.29) is 0 Å². The second-order valence-electron chi connectivity index (χ2n) is 5.64. The molecular formula is C22H29NO5. The molecule has 6 nitrogen and oxygen atoms in total. The molecule has 0 aromatic heterocycles. The van der Waals surface area contributed by atoms with Gasteiger partial charge < -0.3 is 20.3 Å². The van der Waals surface area contributed by atoms with Crippen LogP contribution in [0.4, 0.5) is 5.69 Å². The van der Waals surface area contributed by atoms with Gasteiger partial charge in [0.25, 0.3) is 0 Å². The van der Waals surface area contributed by atoms with Crippen molar-refractivity contribution in [2.75, 3.05) is 5.32 Å². The maximum Gasteiger partial charge on any atom is 0.312 e. The molecule has 0 radical (unpaired) electrons. The van der Waals surface area contributed by atoms with Gasteiger partial charge in [0.2, 0.25) is 5.91 Å². The molecule has 0 spiro atoms. The number of ether oxygens (including phenoxy) is 1. The Morgan fingerprint density at radius 1 is 0.964 bits per heavy atom. The third kappa shape index (κ3) is 6.30. The number of aliphatic carboxylic acids is 1. The third-order valence-corrected chi connectivity index (χ3v) is 3.89. The molecule has 6 heteroatoms. The summed E-state index contributed by atoms with van der Waals surface area (Å²) in [6, 6.07) is 10.1. The maximum atomic E-state index is 11.4. The quantitative estimate of drug-likeness (QED) is 0.618. The Labute approximate surface area is 166 Å². The highest BCUT2D eigenvalue weighted by atomic mass is 16.5. The number of hydrogen-bond donors (Lipinski definition) is 3. The molecule has 0 fully saturated rings. The molecule has 1 aliphatic carbocycles. The van der Waals surface area contributed by atoms with Crippen molar-refractivity contribution < 1.29 is 24.5 Å². The first-order chi connectivity index (χ1) is 13.5. The van der Waals surface area contributed by atoms with E-state index >= 15 is 0 Å². The second kappa shape index (κ2) is 11.6. The summed E-state index contributed by atoms with van der Waals surface area (Å²) in [7, 11) is 0. The van der Waals surface area contributed by atoms with Crippen molar-refractivity contribution in [3.63, 3.8) is 0 Å². The number of hydrogen-bond acceptors (Lipinski definition) is 4. The van der Waals surface area contributed by atoms with Gasteiger partial charge in [-0.3, -0.25) is 9.59 Å². The number of phenols is 1. The normalized spacial score (nSPS) is 11.1. The van der Waals surface area contributed by atoms with Crippen LogP contribution in [-0.2, 0) is 22.4 Å². The van der Waals surface area contributed by atoms with Crippen molar-refractivity contribution >= 4 is 17.6 Å². The molecule has 0 heterocycles. The van der Waals surface area contributed by atoms with Crippen molar-refractivity contribution in [3.05, 3.63) is 47.5 Å². The highest BCUT2D eigenvalue weighted by Gasteiger charge is 2.19. The van der Waals surface area contributed by atoms with Crippen LogP contribution in [0.1, 0.15) is 51.7 Å². The number of rotatable bonds is 5. The number of benzene rings is 2. The fraction of sp³-hybridized carbons (Fsp3) is 0.364. The molecule has 0 unspecified atom stereocenters. The van der Waals surface area contributed by atoms with Crippen LogP contribution in [0.5, 0.6) is 17.2 Å². The number of carbonyl (C=O) groups is 2. The summed E-state index contributed by atoms with van der Waals surface area (Å²) in [5, 5.41) is 20.9. The first-order valence-electron chi connectivity index (χ1n) is 9.66. The van der Waals surface area contributed by atoms with Crippen LogP contribution in [0.25, 0.3) is 0 Å². The minimum atomic E-state index is -1.17. The Bertz CT molecular complexity index is 784. The zero-order valence-corrected chi connectivity index (χ0v) is 16.9. The van der Waals surface area contributed by atoms with Crippen LogP contribution in [0, 0.1) is 0 Å². The molecule has 3 rings (SSSR count). The van der Waals surface area contributed by atoms with Crippen molar-refractivity contribution in [2.45, 2.75) is 53.4 Å². The van der Waals surface area contributed by atoms with E-state index < -0.39 is 18.3 Å². The molecule has 0 saturated heterocycles. The van der Waals surface area contributed by atoms with Crippen LogP contribution < -0.4 is 10.1 Å². The summed E-state index contributed by atoms with van der Waals surface area (Å²) in [4.78, 5) is 21.9. The van der Waals surface area contributed by atoms with E-state index in [1.165, 1.54) is 0 Å². The highest BCUT2D eigenvalue weighted by Crippen LogP contribution is 2.38. The number of nitrogens with one attached hydrogen (secondary N) is 1. The molecule has 0 aliphatic heterocycles. The highest BCUT2D eigenvalue weighted by molar-refractivity contribution is 6.01. The van der Waals surface area contributed by atoms with Crippen molar-refractivity contribution in [1.29, 1.82) is 0 Å². The SMILES string of the molecule is CC.CC.O=C(O)CC(=O)Nc1ccc(Oc2ccc(O)c3c2CCC3)cc1. The predicted octanol–water partition coefficient (Wildman–Crippen LogP) is 5.14. The van der Waals surface area contributed by atoms with Gasteiger partial charge in [0, 0.05) is 16.8 Å². The first-order valence-corrected chi connectivity index (χ1v) is 9.66. The predicted molar refractivity (Wildman–Crippen MR) is 110 cm³/mol. The zero-order valence-electron chi connectivity index (χ0n) is 16.9. The van der Waals surface area contributed by atoms with E-state index in [0.29, 0.717) is 17.2 Å². The van der Waals surface area contributed by atoms with Crippen LogP contribution in [0.2, 0.25) is 0 Å². The number of anilines is 1. The summed E-state index contributed by atoms with van der Waals surface area (Å²) in [6.45, 7) is 8.00. The summed E-state index contributed by atoms with van der Waals surface area (Å²) < 4.78 is 5.88. The third-order valence-electron chi connectivity index (χ3n) is 3.89. The molecule has 1 aliphatic rings. The zero-order chi connectivity index (χ0) is 21.1. The number of amides is 1. The van der Waals surface area contributed by atoms with Crippen LogP contribution in [0.3, 0.4) is 0 Å². The van der Waals surface area contributed by atoms with Crippen LogP contribution in [0.15, 0.2) is 36.4 Å².